The molecule has 1 heterocycles. The van der Waals surface area contributed by atoms with Gasteiger partial charge >= 0.3 is 0 Å². The van der Waals surface area contributed by atoms with Crippen LogP contribution in [0.15, 0.2) is 24.3 Å². The van der Waals surface area contributed by atoms with Crippen molar-refractivity contribution in [2.24, 2.45) is 5.41 Å². The number of benzene rings is 1. The fourth-order valence-corrected chi connectivity index (χ4v) is 1.99. The van der Waals surface area contributed by atoms with E-state index in [-0.39, 0.29) is 11.8 Å². The van der Waals surface area contributed by atoms with E-state index in [0.29, 0.717) is 18.7 Å². The van der Waals surface area contributed by atoms with Gasteiger partial charge in [0.15, 0.2) is 0 Å². The number of imide groups is 1. The lowest BCUT2D eigenvalue weighted by atomic mass is 9.92. The Morgan fingerprint density at radius 3 is 2.29 bits per heavy atom. The molecule has 1 aliphatic heterocycles. The van der Waals surface area contributed by atoms with E-state index in [1.807, 2.05) is 12.1 Å². The van der Waals surface area contributed by atoms with E-state index in [2.05, 4.69) is 0 Å². The highest BCUT2D eigenvalue weighted by Gasteiger charge is 2.44. The fraction of sp³-hybridized carbons (Fsp3) is 0.385. The highest BCUT2D eigenvalue weighted by molar-refractivity contribution is 6.05. The number of nitrogens with two attached hydrogens (primary N) is 1. The lowest BCUT2D eigenvalue weighted by Crippen LogP contribution is -2.32. The van der Waals surface area contributed by atoms with Crippen LogP contribution >= 0.6 is 0 Å². The number of likely N-dealkylation sites (tertiary alicyclic amines) is 1. The van der Waals surface area contributed by atoms with Gasteiger partial charge in [0.25, 0.3) is 0 Å². The van der Waals surface area contributed by atoms with Gasteiger partial charge in [-0.25, -0.2) is 0 Å². The van der Waals surface area contributed by atoms with Crippen LogP contribution in [0.2, 0.25) is 0 Å². The summed E-state index contributed by atoms with van der Waals surface area (Å²) in [6.45, 7) is 3.94. The van der Waals surface area contributed by atoms with Gasteiger partial charge in [0.1, 0.15) is 0 Å². The lowest BCUT2D eigenvalue weighted by molar-refractivity contribution is -0.141. The average Bonchev–Trinajstić information content (AvgIpc) is 2.44. The standard InChI is InChI=1S/C13H16N2O2/c1-13(2)7-11(16)15(12(13)17)8-9-3-5-10(14)6-4-9/h3-6H,7-8,14H2,1-2H3. The molecule has 1 aromatic rings. The number of carbonyl (C=O) groups is 2. The molecule has 90 valence electrons. The zero-order chi connectivity index (χ0) is 12.6. The summed E-state index contributed by atoms with van der Waals surface area (Å²) < 4.78 is 0. The predicted octanol–water partition coefficient (Wildman–Crippen LogP) is 1.55. The molecule has 0 radical (unpaired) electrons. The van der Waals surface area contributed by atoms with Crippen LogP contribution in [-0.4, -0.2) is 16.7 Å². The maximum Gasteiger partial charge on any atom is 0.235 e. The second kappa shape index (κ2) is 3.87. The van der Waals surface area contributed by atoms with Crippen LogP contribution in [0, 0.1) is 5.41 Å². The van der Waals surface area contributed by atoms with Crippen molar-refractivity contribution in [2.45, 2.75) is 26.8 Å². The van der Waals surface area contributed by atoms with E-state index in [1.165, 1.54) is 4.90 Å². The molecule has 2 N–H and O–H groups in total. The largest absolute Gasteiger partial charge is 0.399 e. The van der Waals surface area contributed by atoms with E-state index in [4.69, 9.17) is 5.73 Å². The molecule has 0 aromatic heterocycles. The van der Waals surface area contributed by atoms with E-state index in [0.717, 1.165) is 5.56 Å². The summed E-state index contributed by atoms with van der Waals surface area (Å²) in [7, 11) is 0. The zero-order valence-corrected chi connectivity index (χ0v) is 10.1. The van der Waals surface area contributed by atoms with Crippen molar-refractivity contribution in [1.82, 2.24) is 4.90 Å². The van der Waals surface area contributed by atoms with Crippen LogP contribution < -0.4 is 5.73 Å². The lowest BCUT2D eigenvalue weighted by Gasteiger charge is -2.17. The number of anilines is 1. The van der Waals surface area contributed by atoms with Crippen molar-refractivity contribution >= 4 is 17.5 Å². The van der Waals surface area contributed by atoms with Crippen LogP contribution in [0.1, 0.15) is 25.8 Å². The monoisotopic (exact) mass is 232 g/mol. The number of carbonyl (C=O) groups excluding carboxylic acids is 2. The molecule has 0 spiro atoms. The van der Waals surface area contributed by atoms with E-state index < -0.39 is 5.41 Å². The molecule has 4 heteroatoms. The molecule has 2 amide bonds. The molecule has 17 heavy (non-hydrogen) atoms. The van der Waals surface area contributed by atoms with E-state index in [9.17, 15) is 9.59 Å². The average molecular weight is 232 g/mol. The third kappa shape index (κ3) is 2.16. The predicted molar refractivity (Wildman–Crippen MR) is 64.8 cm³/mol. The van der Waals surface area contributed by atoms with Gasteiger partial charge in [-0.15, -0.1) is 0 Å². The van der Waals surface area contributed by atoms with Gasteiger partial charge in [-0.3, -0.25) is 14.5 Å². The van der Waals surface area contributed by atoms with Gasteiger partial charge in [0.2, 0.25) is 11.8 Å². The smallest absolute Gasteiger partial charge is 0.235 e. The summed E-state index contributed by atoms with van der Waals surface area (Å²) in [4.78, 5) is 25.1. The van der Waals surface area contributed by atoms with Crippen molar-refractivity contribution in [3.63, 3.8) is 0 Å². The molecule has 2 rings (SSSR count). The molecular formula is C13H16N2O2. The number of nitrogens with zero attached hydrogens (tertiary/aromatic N) is 1. The van der Waals surface area contributed by atoms with Gasteiger partial charge in [0.05, 0.1) is 12.0 Å². The number of hydrogen-bond acceptors (Lipinski definition) is 3. The Morgan fingerprint density at radius 2 is 1.82 bits per heavy atom. The normalized spacial score (nSPS) is 18.8. The second-order valence-corrected chi connectivity index (χ2v) is 5.09. The molecule has 1 fully saturated rings. The Balaban J connectivity index is 2.17. The zero-order valence-electron chi connectivity index (χ0n) is 10.1. The summed E-state index contributed by atoms with van der Waals surface area (Å²) in [5.41, 5.74) is 6.61. The molecule has 0 aliphatic carbocycles. The van der Waals surface area contributed by atoms with Gasteiger partial charge in [-0.05, 0) is 17.7 Å². The van der Waals surface area contributed by atoms with Gasteiger partial charge < -0.3 is 5.73 Å². The Bertz CT molecular complexity index is 463. The number of amides is 2. The number of rotatable bonds is 2. The molecule has 0 bridgehead atoms. The molecule has 1 aromatic carbocycles. The third-order valence-electron chi connectivity index (χ3n) is 3.04. The first-order valence-corrected chi connectivity index (χ1v) is 5.59. The Labute approximate surface area is 100 Å². The van der Waals surface area contributed by atoms with Gasteiger partial charge in [-0.1, -0.05) is 26.0 Å². The summed E-state index contributed by atoms with van der Waals surface area (Å²) in [5.74, 6) is -0.198. The van der Waals surface area contributed by atoms with Crippen LogP contribution in [0.5, 0.6) is 0 Å². The topological polar surface area (TPSA) is 63.4 Å². The first kappa shape index (κ1) is 11.6. The maximum absolute atomic E-state index is 12.0. The minimum absolute atomic E-state index is 0.0978. The first-order valence-electron chi connectivity index (χ1n) is 5.59. The van der Waals surface area contributed by atoms with E-state index >= 15 is 0 Å². The molecule has 1 saturated heterocycles. The summed E-state index contributed by atoms with van der Waals surface area (Å²) in [5, 5.41) is 0. The molecule has 4 nitrogen and oxygen atoms in total. The molecule has 0 unspecified atom stereocenters. The SMILES string of the molecule is CC1(C)CC(=O)N(Cc2ccc(N)cc2)C1=O. The summed E-state index contributed by atoms with van der Waals surface area (Å²) in [6.07, 6.45) is 0.292. The third-order valence-corrected chi connectivity index (χ3v) is 3.04. The summed E-state index contributed by atoms with van der Waals surface area (Å²) in [6, 6.07) is 7.21. The minimum atomic E-state index is -0.565. The first-order chi connectivity index (χ1) is 7.90. The van der Waals surface area contributed by atoms with Crippen LogP contribution in [0.4, 0.5) is 5.69 Å². The van der Waals surface area contributed by atoms with Crippen LogP contribution in [-0.2, 0) is 16.1 Å². The molecule has 1 aliphatic rings. The highest BCUT2D eigenvalue weighted by atomic mass is 16.2. The van der Waals surface area contributed by atoms with Crippen molar-refractivity contribution in [3.8, 4) is 0 Å². The van der Waals surface area contributed by atoms with Crippen molar-refractivity contribution in [2.75, 3.05) is 5.73 Å². The highest BCUT2D eigenvalue weighted by Crippen LogP contribution is 2.32. The van der Waals surface area contributed by atoms with Crippen LogP contribution in [0.25, 0.3) is 0 Å². The Kier molecular flexibility index (Phi) is 2.65. The number of hydrogen-bond donors (Lipinski definition) is 1. The van der Waals surface area contributed by atoms with Gasteiger partial charge in [0, 0.05) is 12.1 Å². The fourth-order valence-electron chi connectivity index (χ4n) is 1.99. The maximum atomic E-state index is 12.0. The van der Waals surface area contributed by atoms with Crippen molar-refractivity contribution < 1.29 is 9.59 Å². The molecule has 0 atom stereocenters. The summed E-state index contributed by atoms with van der Waals surface area (Å²) >= 11 is 0. The second-order valence-electron chi connectivity index (χ2n) is 5.09. The molecule has 0 saturated carbocycles. The Hall–Kier alpha value is -1.84. The minimum Gasteiger partial charge on any atom is -0.399 e. The van der Waals surface area contributed by atoms with Crippen molar-refractivity contribution in [3.05, 3.63) is 29.8 Å². The number of nitrogen functional groups attached to an aromatic ring is 1. The quantitative estimate of drug-likeness (QED) is 0.621. The van der Waals surface area contributed by atoms with Gasteiger partial charge in [-0.2, -0.15) is 0 Å². The van der Waals surface area contributed by atoms with E-state index in [1.54, 1.807) is 26.0 Å². The van der Waals surface area contributed by atoms with Crippen molar-refractivity contribution in [1.29, 1.82) is 0 Å². The Morgan fingerprint density at radius 1 is 1.24 bits per heavy atom. The van der Waals surface area contributed by atoms with Crippen LogP contribution in [0.3, 0.4) is 0 Å². The molecular weight excluding hydrogens is 216 g/mol.